The van der Waals surface area contributed by atoms with E-state index in [4.69, 9.17) is 4.74 Å². The second-order valence-electron chi connectivity index (χ2n) is 4.63. The standard InChI is InChI=1S/C13H11NO4/c1-7(15)11-13(6-10(16)18-11)8-4-2-3-5-9(8)14-12(13)17/h2-5,11H,6H2,1H3,(H,14,17)/t11?,13-/m0/s1. The highest BCUT2D eigenvalue weighted by molar-refractivity contribution is 6.13. The molecule has 1 aromatic rings. The molecule has 1 unspecified atom stereocenters. The molecule has 2 aliphatic rings. The van der Waals surface area contributed by atoms with Gasteiger partial charge in [-0.1, -0.05) is 18.2 Å². The van der Waals surface area contributed by atoms with E-state index in [2.05, 4.69) is 5.32 Å². The molecule has 1 saturated heterocycles. The number of esters is 1. The quantitative estimate of drug-likeness (QED) is 0.742. The fourth-order valence-corrected chi connectivity index (χ4v) is 2.80. The Kier molecular flexibility index (Phi) is 2.08. The lowest BCUT2D eigenvalue weighted by Crippen LogP contribution is -2.45. The summed E-state index contributed by atoms with van der Waals surface area (Å²) in [6.45, 7) is 1.33. The van der Waals surface area contributed by atoms with Gasteiger partial charge in [-0.2, -0.15) is 0 Å². The average molecular weight is 245 g/mol. The maximum Gasteiger partial charge on any atom is 0.308 e. The van der Waals surface area contributed by atoms with Crippen LogP contribution in [0.3, 0.4) is 0 Å². The zero-order valence-electron chi connectivity index (χ0n) is 9.73. The van der Waals surface area contributed by atoms with E-state index < -0.39 is 17.5 Å². The number of benzene rings is 1. The number of para-hydroxylation sites is 1. The van der Waals surface area contributed by atoms with Crippen LogP contribution in [-0.2, 0) is 24.5 Å². The molecule has 1 N–H and O–H groups in total. The van der Waals surface area contributed by atoms with E-state index in [9.17, 15) is 14.4 Å². The molecule has 0 aromatic heterocycles. The lowest BCUT2D eigenvalue weighted by atomic mass is 9.74. The summed E-state index contributed by atoms with van der Waals surface area (Å²) in [6.07, 6.45) is -1.10. The summed E-state index contributed by atoms with van der Waals surface area (Å²) >= 11 is 0. The van der Waals surface area contributed by atoms with Gasteiger partial charge < -0.3 is 10.1 Å². The predicted octanol–water partition coefficient (Wildman–Crippen LogP) is 0.781. The van der Waals surface area contributed by atoms with E-state index in [1.807, 2.05) is 0 Å². The van der Waals surface area contributed by atoms with Crippen molar-refractivity contribution in [3.05, 3.63) is 29.8 Å². The van der Waals surface area contributed by atoms with Gasteiger partial charge in [0, 0.05) is 5.69 Å². The minimum Gasteiger partial charge on any atom is -0.453 e. The van der Waals surface area contributed by atoms with Gasteiger partial charge in [0.1, 0.15) is 5.41 Å². The molecule has 1 spiro atoms. The molecule has 0 saturated carbocycles. The van der Waals surface area contributed by atoms with Crippen molar-refractivity contribution in [3.63, 3.8) is 0 Å². The number of anilines is 1. The fourth-order valence-electron chi connectivity index (χ4n) is 2.80. The van der Waals surface area contributed by atoms with E-state index >= 15 is 0 Å². The van der Waals surface area contributed by atoms with Crippen molar-refractivity contribution in [3.8, 4) is 0 Å². The van der Waals surface area contributed by atoms with Crippen molar-refractivity contribution >= 4 is 23.3 Å². The van der Waals surface area contributed by atoms with Gasteiger partial charge >= 0.3 is 5.97 Å². The van der Waals surface area contributed by atoms with Gasteiger partial charge in [-0.25, -0.2) is 0 Å². The van der Waals surface area contributed by atoms with Crippen LogP contribution < -0.4 is 5.32 Å². The lowest BCUT2D eigenvalue weighted by molar-refractivity contribution is -0.147. The van der Waals surface area contributed by atoms with E-state index in [1.165, 1.54) is 6.92 Å². The number of cyclic esters (lactones) is 1. The number of amides is 1. The number of Topliss-reactive ketones (excluding diaryl/α,β-unsaturated/α-hetero) is 1. The molecule has 5 nitrogen and oxygen atoms in total. The predicted molar refractivity (Wildman–Crippen MR) is 61.9 cm³/mol. The first-order chi connectivity index (χ1) is 8.55. The van der Waals surface area contributed by atoms with Crippen LogP contribution in [0.1, 0.15) is 18.9 Å². The Balaban J connectivity index is 2.22. The number of ketones is 1. The topological polar surface area (TPSA) is 72.5 Å². The van der Waals surface area contributed by atoms with Gasteiger partial charge in [-0.15, -0.1) is 0 Å². The molecule has 3 rings (SSSR count). The molecule has 2 heterocycles. The van der Waals surface area contributed by atoms with Crippen LogP contribution >= 0.6 is 0 Å². The summed E-state index contributed by atoms with van der Waals surface area (Å²) in [5, 5.41) is 2.71. The zero-order chi connectivity index (χ0) is 12.9. The Bertz CT molecular complexity index is 580. The molecule has 5 heteroatoms. The maximum absolute atomic E-state index is 12.2. The number of rotatable bonds is 1. The molecule has 0 bridgehead atoms. The second kappa shape index (κ2) is 3.41. The molecule has 1 aromatic carbocycles. The summed E-state index contributed by atoms with van der Waals surface area (Å²) < 4.78 is 5.04. The molecule has 18 heavy (non-hydrogen) atoms. The van der Waals surface area contributed by atoms with Crippen LogP contribution in [0.2, 0.25) is 0 Å². The summed E-state index contributed by atoms with van der Waals surface area (Å²) in [5.74, 6) is -1.16. The summed E-state index contributed by atoms with van der Waals surface area (Å²) in [7, 11) is 0. The molecule has 2 aliphatic heterocycles. The Morgan fingerprint density at radius 1 is 1.39 bits per heavy atom. The zero-order valence-corrected chi connectivity index (χ0v) is 9.73. The molecular weight excluding hydrogens is 234 g/mol. The van der Waals surface area contributed by atoms with Crippen molar-refractivity contribution in [1.29, 1.82) is 0 Å². The summed E-state index contributed by atoms with van der Waals surface area (Å²) in [4.78, 5) is 35.4. The van der Waals surface area contributed by atoms with Crippen molar-refractivity contribution in [2.75, 3.05) is 5.32 Å². The molecule has 1 fully saturated rings. The smallest absolute Gasteiger partial charge is 0.308 e. The number of hydrogen-bond acceptors (Lipinski definition) is 4. The molecule has 92 valence electrons. The number of ether oxygens (including phenoxy) is 1. The minimum atomic E-state index is -1.18. The molecule has 2 atom stereocenters. The maximum atomic E-state index is 12.2. The van der Waals surface area contributed by atoms with E-state index in [1.54, 1.807) is 24.3 Å². The number of carbonyl (C=O) groups excluding carboxylic acids is 3. The minimum absolute atomic E-state index is 0.0832. The van der Waals surface area contributed by atoms with Crippen LogP contribution in [0.5, 0.6) is 0 Å². The fraction of sp³-hybridized carbons (Fsp3) is 0.308. The molecule has 1 amide bonds. The number of nitrogens with one attached hydrogen (secondary N) is 1. The van der Waals surface area contributed by atoms with Crippen molar-refractivity contribution in [1.82, 2.24) is 0 Å². The molecule has 0 aliphatic carbocycles. The lowest BCUT2D eigenvalue weighted by Gasteiger charge is -2.24. The van der Waals surface area contributed by atoms with Gasteiger partial charge in [0.15, 0.2) is 11.9 Å². The Morgan fingerprint density at radius 3 is 2.83 bits per heavy atom. The van der Waals surface area contributed by atoms with Crippen LogP contribution in [0, 0.1) is 0 Å². The molecule has 0 radical (unpaired) electrons. The third-order valence-corrected chi connectivity index (χ3v) is 3.55. The van der Waals surface area contributed by atoms with Crippen LogP contribution in [-0.4, -0.2) is 23.8 Å². The van der Waals surface area contributed by atoms with Gasteiger partial charge in [0.05, 0.1) is 6.42 Å². The van der Waals surface area contributed by atoms with Crippen LogP contribution in [0.15, 0.2) is 24.3 Å². The first-order valence-corrected chi connectivity index (χ1v) is 5.66. The number of carbonyl (C=O) groups is 3. The normalized spacial score (nSPS) is 29.1. The monoisotopic (exact) mass is 245 g/mol. The van der Waals surface area contributed by atoms with E-state index in [0.29, 0.717) is 11.3 Å². The van der Waals surface area contributed by atoms with Crippen LogP contribution in [0.25, 0.3) is 0 Å². The Labute approximate surface area is 103 Å². The SMILES string of the molecule is CC(=O)C1OC(=O)C[C@@]12C(=O)Nc1ccccc12. The number of fused-ring (bicyclic) bond motifs is 2. The van der Waals surface area contributed by atoms with Crippen molar-refractivity contribution in [2.45, 2.75) is 24.9 Å². The number of hydrogen-bond donors (Lipinski definition) is 1. The van der Waals surface area contributed by atoms with Gasteiger partial charge in [-0.3, -0.25) is 14.4 Å². The second-order valence-corrected chi connectivity index (χ2v) is 4.63. The first kappa shape index (κ1) is 11.0. The van der Waals surface area contributed by atoms with Gasteiger partial charge in [0.25, 0.3) is 0 Å². The summed E-state index contributed by atoms with van der Waals surface area (Å²) in [5.41, 5.74) is 0.132. The van der Waals surface area contributed by atoms with E-state index in [-0.39, 0.29) is 18.1 Å². The average Bonchev–Trinajstić information content (AvgIpc) is 2.81. The highest BCUT2D eigenvalue weighted by atomic mass is 16.6. The van der Waals surface area contributed by atoms with Crippen molar-refractivity contribution in [2.24, 2.45) is 0 Å². The third kappa shape index (κ3) is 1.19. The van der Waals surface area contributed by atoms with Gasteiger partial charge in [0.2, 0.25) is 5.91 Å². The molecular formula is C13H11NO4. The Hall–Kier alpha value is -2.17. The first-order valence-electron chi connectivity index (χ1n) is 5.66. The Morgan fingerprint density at radius 2 is 2.11 bits per heavy atom. The van der Waals surface area contributed by atoms with Crippen molar-refractivity contribution < 1.29 is 19.1 Å². The highest BCUT2D eigenvalue weighted by Gasteiger charge is 2.61. The highest BCUT2D eigenvalue weighted by Crippen LogP contribution is 2.47. The largest absolute Gasteiger partial charge is 0.453 e. The van der Waals surface area contributed by atoms with Gasteiger partial charge in [-0.05, 0) is 18.6 Å². The third-order valence-electron chi connectivity index (χ3n) is 3.55. The van der Waals surface area contributed by atoms with E-state index in [0.717, 1.165) is 0 Å². The summed E-state index contributed by atoms with van der Waals surface area (Å²) in [6, 6.07) is 7.08. The van der Waals surface area contributed by atoms with Crippen LogP contribution in [0.4, 0.5) is 5.69 Å².